The molecule has 218 valence electrons. The fraction of sp³-hybridized carbons (Fsp3) is 0.433. The van der Waals surface area contributed by atoms with Gasteiger partial charge in [-0.1, -0.05) is 31.5 Å². The Morgan fingerprint density at radius 1 is 1.24 bits per heavy atom. The van der Waals surface area contributed by atoms with Crippen molar-refractivity contribution in [1.29, 1.82) is 0 Å². The molecule has 2 atom stereocenters. The van der Waals surface area contributed by atoms with Crippen molar-refractivity contribution in [3.05, 3.63) is 77.2 Å². The summed E-state index contributed by atoms with van der Waals surface area (Å²) in [7, 11) is 0. The summed E-state index contributed by atoms with van der Waals surface area (Å²) in [4.78, 5) is 31.2. The summed E-state index contributed by atoms with van der Waals surface area (Å²) in [5, 5.41) is 12.6. The minimum absolute atomic E-state index is 0.0220. The molecule has 1 unspecified atom stereocenters. The Hall–Kier alpha value is -3.83. The molecule has 0 bridgehead atoms. The maximum Gasteiger partial charge on any atom is 0.317 e. The van der Waals surface area contributed by atoms with Crippen molar-refractivity contribution in [2.75, 3.05) is 31.5 Å². The first-order valence-corrected chi connectivity index (χ1v) is 14.3. The van der Waals surface area contributed by atoms with Crippen molar-refractivity contribution in [3.8, 4) is 5.69 Å². The lowest BCUT2D eigenvalue weighted by Gasteiger charge is -2.29. The molecule has 11 heteroatoms. The van der Waals surface area contributed by atoms with Gasteiger partial charge in [0.2, 0.25) is 5.91 Å². The zero-order valence-electron chi connectivity index (χ0n) is 23.3. The molecule has 0 spiro atoms. The summed E-state index contributed by atoms with van der Waals surface area (Å²) >= 11 is 0. The van der Waals surface area contributed by atoms with E-state index in [0.29, 0.717) is 68.8 Å². The van der Waals surface area contributed by atoms with Crippen LogP contribution in [0.1, 0.15) is 42.9 Å². The van der Waals surface area contributed by atoms with Crippen LogP contribution in [0.2, 0.25) is 0 Å². The molecule has 1 aliphatic heterocycles. The van der Waals surface area contributed by atoms with Gasteiger partial charge in [0.15, 0.2) is 5.82 Å². The number of benzene rings is 2. The van der Waals surface area contributed by atoms with Gasteiger partial charge >= 0.3 is 6.03 Å². The van der Waals surface area contributed by atoms with Crippen LogP contribution in [0.5, 0.6) is 0 Å². The van der Waals surface area contributed by atoms with Crippen LogP contribution in [-0.4, -0.2) is 64.7 Å². The largest absolute Gasteiger partial charge is 0.336 e. The summed E-state index contributed by atoms with van der Waals surface area (Å²) in [5.74, 6) is -0.829. The van der Waals surface area contributed by atoms with Crippen LogP contribution >= 0.6 is 0 Å². The molecular weight excluding hydrogens is 528 g/mol. The van der Waals surface area contributed by atoms with E-state index in [4.69, 9.17) is 0 Å². The molecule has 1 aromatic heterocycles. The molecule has 1 saturated heterocycles. The lowest BCUT2D eigenvalue weighted by Crippen LogP contribution is -2.48. The molecule has 3 aromatic rings. The monoisotopic (exact) mass is 565 g/mol. The topological polar surface area (TPSA) is 103 Å². The van der Waals surface area contributed by atoms with Gasteiger partial charge in [-0.2, -0.15) is 0 Å². The van der Waals surface area contributed by atoms with Crippen LogP contribution in [-0.2, 0) is 24.2 Å². The molecule has 1 fully saturated rings. The maximum absolute atomic E-state index is 14.4. The zero-order chi connectivity index (χ0) is 28.8. The highest BCUT2D eigenvalue weighted by atomic mass is 19.1. The molecule has 0 radical (unpaired) electrons. The Bertz CT molecular complexity index is 1380. The second kappa shape index (κ2) is 13.2. The smallest absolute Gasteiger partial charge is 0.317 e. The fourth-order valence-electron chi connectivity index (χ4n) is 5.60. The first-order valence-electron chi connectivity index (χ1n) is 14.3. The van der Waals surface area contributed by atoms with Crippen LogP contribution in [0, 0.1) is 11.6 Å². The van der Waals surface area contributed by atoms with Gasteiger partial charge in [-0.05, 0) is 54.5 Å². The molecule has 5 rings (SSSR count). The number of amides is 3. The zero-order valence-corrected chi connectivity index (χ0v) is 23.3. The highest BCUT2D eigenvalue weighted by Gasteiger charge is 2.27. The van der Waals surface area contributed by atoms with E-state index in [1.165, 1.54) is 6.07 Å². The van der Waals surface area contributed by atoms with Gasteiger partial charge in [0, 0.05) is 44.8 Å². The van der Waals surface area contributed by atoms with Crippen molar-refractivity contribution in [3.63, 3.8) is 0 Å². The molecule has 2 aliphatic rings. The third-order valence-electron chi connectivity index (χ3n) is 7.72. The van der Waals surface area contributed by atoms with E-state index in [0.717, 1.165) is 30.3 Å². The molecule has 3 amide bonds. The molecule has 0 saturated carbocycles. The number of imidazole rings is 1. The summed E-state index contributed by atoms with van der Waals surface area (Å²) < 4.78 is 29.9. The van der Waals surface area contributed by atoms with Crippen LogP contribution < -0.4 is 21.3 Å². The third kappa shape index (κ3) is 7.09. The number of aromatic nitrogens is 2. The highest BCUT2D eigenvalue weighted by molar-refractivity contribution is 5.94. The number of hydrogen-bond donors (Lipinski definition) is 4. The summed E-state index contributed by atoms with van der Waals surface area (Å²) in [6, 6.07) is 9.71. The fourth-order valence-corrected chi connectivity index (χ4v) is 5.60. The Morgan fingerprint density at radius 2 is 2.10 bits per heavy atom. The van der Waals surface area contributed by atoms with Gasteiger partial charge in [0.25, 0.3) is 0 Å². The number of carbonyl (C=O) groups is 2. The van der Waals surface area contributed by atoms with E-state index >= 15 is 0 Å². The van der Waals surface area contributed by atoms with Crippen molar-refractivity contribution in [1.82, 2.24) is 30.4 Å². The number of halogens is 2. The number of para-hydroxylation sites is 1. The average Bonchev–Trinajstić information content (AvgIpc) is 3.60. The maximum atomic E-state index is 14.4. The SMILES string of the molecule is CCCC(N[C@H]1CCc2cc(F)cc(F)c2C1)C(=O)Nc1cn(-c2ccccc2CNCCN2CCNC2=O)cn1. The average molecular weight is 566 g/mol. The third-order valence-corrected chi connectivity index (χ3v) is 7.72. The van der Waals surface area contributed by atoms with E-state index < -0.39 is 17.7 Å². The molecule has 41 heavy (non-hydrogen) atoms. The molecular formula is C30H37F2N7O2. The summed E-state index contributed by atoms with van der Waals surface area (Å²) in [6.45, 7) is 5.36. The molecule has 9 nitrogen and oxygen atoms in total. The Labute approximate surface area is 238 Å². The molecule has 2 aromatic carbocycles. The standard InChI is InChI=1S/C30H37F2N7O2/c1-2-5-26(36-23-9-8-20-14-22(31)15-25(32)24(20)16-23)29(40)37-28-18-39(19-35-28)27-7-4-3-6-21(27)17-33-10-12-38-13-11-34-30(38)41/h3-4,6-7,14-15,18-19,23,26,33,36H,2,5,8-13,16-17H2,1H3,(H,34,41)(H,37,40)/t23-,26?/m0/s1. The van der Waals surface area contributed by atoms with E-state index in [9.17, 15) is 18.4 Å². The van der Waals surface area contributed by atoms with E-state index in [2.05, 4.69) is 26.3 Å². The van der Waals surface area contributed by atoms with Crippen molar-refractivity contribution < 1.29 is 18.4 Å². The van der Waals surface area contributed by atoms with Crippen LogP contribution in [0.3, 0.4) is 0 Å². The minimum atomic E-state index is -0.554. The van der Waals surface area contributed by atoms with E-state index in [-0.39, 0.29) is 18.0 Å². The predicted octanol–water partition coefficient (Wildman–Crippen LogP) is 3.52. The summed E-state index contributed by atoms with van der Waals surface area (Å²) in [6.07, 6.45) is 6.56. The van der Waals surface area contributed by atoms with Gasteiger partial charge in [-0.15, -0.1) is 0 Å². The molecule has 4 N–H and O–H groups in total. The number of fused-ring (bicyclic) bond motifs is 1. The number of urea groups is 1. The van der Waals surface area contributed by atoms with Gasteiger partial charge < -0.3 is 30.7 Å². The lowest BCUT2D eigenvalue weighted by atomic mass is 9.87. The first-order chi connectivity index (χ1) is 19.9. The second-order valence-corrected chi connectivity index (χ2v) is 10.7. The number of nitrogens with one attached hydrogen (secondary N) is 4. The van der Waals surface area contributed by atoms with E-state index in [1.54, 1.807) is 17.4 Å². The first kappa shape index (κ1) is 28.7. The van der Waals surface area contributed by atoms with Crippen molar-refractivity contribution >= 4 is 17.8 Å². The Kier molecular flexibility index (Phi) is 9.25. The van der Waals surface area contributed by atoms with Gasteiger partial charge in [0.05, 0.1) is 17.9 Å². The normalized spacial score (nSPS) is 17.3. The second-order valence-electron chi connectivity index (χ2n) is 10.7. The number of rotatable bonds is 12. The van der Waals surface area contributed by atoms with Crippen molar-refractivity contribution in [2.45, 2.75) is 57.7 Å². The van der Waals surface area contributed by atoms with Crippen LogP contribution in [0.25, 0.3) is 5.69 Å². The Balaban J connectivity index is 1.18. The lowest BCUT2D eigenvalue weighted by molar-refractivity contribution is -0.118. The number of nitrogens with zero attached hydrogens (tertiary/aromatic N) is 3. The molecule has 2 heterocycles. The predicted molar refractivity (Wildman–Crippen MR) is 153 cm³/mol. The van der Waals surface area contributed by atoms with Gasteiger partial charge in [-0.25, -0.2) is 18.6 Å². The van der Waals surface area contributed by atoms with Crippen LogP contribution in [0.15, 0.2) is 48.9 Å². The highest BCUT2D eigenvalue weighted by Crippen LogP contribution is 2.26. The Morgan fingerprint density at radius 3 is 2.90 bits per heavy atom. The van der Waals surface area contributed by atoms with Gasteiger partial charge in [0.1, 0.15) is 18.0 Å². The van der Waals surface area contributed by atoms with Crippen LogP contribution in [0.4, 0.5) is 19.4 Å². The molecule has 1 aliphatic carbocycles. The number of anilines is 1. The summed E-state index contributed by atoms with van der Waals surface area (Å²) in [5.41, 5.74) is 3.23. The van der Waals surface area contributed by atoms with Crippen molar-refractivity contribution in [2.24, 2.45) is 0 Å². The quantitative estimate of drug-likeness (QED) is 0.252. The van der Waals surface area contributed by atoms with Gasteiger partial charge in [-0.3, -0.25) is 4.79 Å². The number of aryl methyl sites for hydroxylation is 1. The number of carbonyl (C=O) groups excluding carboxylic acids is 2. The minimum Gasteiger partial charge on any atom is -0.336 e. The number of hydrogen-bond acceptors (Lipinski definition) is 5. The van der Waals surface area contributed by atoms with E-state index in [1.807, 2.05) is 35.8 Å².